The predicted molar refractivity (Wildman–Crippen MR) is 230 cm³/mol. The molecule has 0 aliphatic carbocycles. The fourth-order valence-electron chi connectivity index (χ4n) is 6.43. The molecule has 0 saturated heterocycles. The SMILES string of the molecule is C=C(CCCCCCCCCCCCCCCCCC)C(=O)OCCN(CC)c1ccc(/N=N/c2cc(OC)c(/N=N/c3ccc([N+](=O)[O-])cc3)cc2OC)cc1. The van der Waals surface area contributed by atoms with Gasteiger partial charge in [-0.05, 0) is 56.2 Å². The highest BCUT2D eigenvalue weighted by molar-refractivity contribution is 5.87. The predicted octanol–water partition coefficient (Wildman–Crippen LogP) is 14.0. The average molecular weight is 785 g/mol. The van der Waals surface area contributed by atoms with Crippen molar-refractivity contribution in [2.45, 2.75) is 123 Å². The first-order valence-corrected chi connectivity index (χ1v) is 20.8. The van der Waals surface area contributed by atoms with Gasteiger partial charge < -0.3 is 19.1 Å². The Morgan fingerprint density at radius 3 is 1.53 bits per heavy atom. The first-order valence-electron chi connectivity index (χ1n) is 20.8. The lowest BCUT2D eigenvalue weighted by atomic mass is 10.0. The molecule has 0 bridgehead atoms. The maximum Gasteiger partial charge on any atom is 0.333 e. The largest absolute Gasteiger partial charge is 0.494 e. The van der Waals surface area contributed by atoms with Crippen molar-refractivity contribution >= 4 is 40.1 Å². The number of unbranched alkanes of at least 4 members (excludes halogenated alkanes) is 15. The van der Waals surface area contributed by atoms with Gasteiger partial charge in [0.2, 0.25) is 0 Å². The van der Waals surface area contributed by atoms with Crippen LogP contribution in [0.3, 0.4) is 0 Å². The van der Waals surface area contributed by atoms with Crippen LogP contribution in [0.5, 0.6) is 11.5 Å². The van der Waals surface area contributed by atoms with Crippen LogP contribution >= 0.6 is 0 Å². The molecule has 0 saturated carbocycles. The van der Waals surface area contributed by atoms with Gasteiger partial charge in [-0.3, -0.25) is 10.1 Å². The minimum absolute atomic E-state index is 0.0317. The number of nitro benzene ring substituents is 1. The lowest BCUT2D eigenvalue weighted by molar-refractivity contribution is -0.384. The lowest BCUT2D eigenvalue weighted by Crippen LogP contribution is -2.28. The van der Waals surface area contributed by atoms with Crippen LogP contribution < -0.4 is 14.4 Å². The third-order valence-corrected chi connectivity index (χ3v) is 9.90. The summed E-state index contributed by atoms with van der Waals surface area (Å²) in [5.41, 5.74) is 3.39. The van der Waals surface area contributed by atoms with Crippen molar-refractivity contribution in [1.29, 1.82) is 0 Å². The Morgan fingerprint density at radius 1 is 0.667 bits per heavy atom. The first kappa shape index (κ1) is 46.3. The second kappa shape index (κ2) is 27.5. The third kappa shape index (κ3) is 17.7. The van der Waals surface area contributed by atoms with Gasteiger partial charge in [-0.2, -0.15) is 10.2 Å². The number of hydrogen-bond acceptors (Lipinski definition) is 11. The summed E-state index contributed by atoms with van der Waals surface area (Å²) in [5.74, 6) is 0.498. The molecule has 0 spiro atoms. The van der Waals surface area contributed by atoms with E-state index in [9.17, 15) is 14.9 Å². The van der Waals surface area contributed by atoms with Gasteiger partial charge in [-0.1, -0.05) is 110 Å². The van der Waals surface area contributed by atoms with E-state index in [-0.39, 0.29) is 18.3 Å². The Hall–Kier alpha value is -5.13. The maximum atomic E-state index is 12.6. The number of benzene rings is 3. The summed E-state index contributed by atoms with van der Waals surface area (Å²) >= 11 is 0. The quantitative estimate of drug-likeness (QED) is 0.0164. The van der Waals surface area contributed by atoms with E-state index in [0.29, 0.717) is 52.8 Å². The highest BCUT2D eigenvalue weighted by Gasteiger charge is 2.13. The number of ether oxygens (including phenoxy) is 3. The Kier molecular flexibility index (Phi) is 22.3. The summed E-state index contributed by atoms with van der Waals surface area (Å²) in [7, 11) is 3.02. The third-order valence-electron chi connectivity index (χ3n) is 9.90. The normalized spacial score (nSPS) is 11.3. The molecular formula is C45H64N6O6. The van der Waals surface area contributed by atoms with Crippen LogP contribution in [0.2, 0.25) is 0 Å². The van der Waals surface area contributed by atoms with Crippen molar-refractivity contribution in [1.82, 2.24) is 0 Å². The van der Waals surface area contributed by atoms with Gasteiger partial charge in [0.05, 0.1) is 37.1 Å². The van der Waals surface area contributed by atoms with Crippen molar-refractivity contribution in [3.8, 4) is 11.5 Å². The molecule has 0 unspecified atom stereocenters. The number of nitro groups is 1. The van der Waals surface area contributed by atoms with E-state index in [1.54, 1.807) is 12.1 Å². The van der Waals surface area contributed by atoms with Crippen LogP contribution in [0.25, 0.3) is 0 Å². The molecule has 0 aliphatic heterocycles. The summed E-state index contributed by atoms with van der Waals surface area (Å²) in [5, 5.41) is 28.1. The maximum absolute atomic E-state index is 12.6. The van der Waals surface area contributed by atoms with E-state index < -0.39 is 4.92 Å². The molecule has 0 radical (unpaired) electrons. The molecule has 0 aromatic heterocycles. The Balaban J connectivity index is 1.35. The molecule has 310 valence electrons. The number of hydrogen-bond donors (Lipinski definition) is 0. The number of methoxy groups -OCH3 is 2. The number of anilines is 1. The molecule has 12 nitrogen and oxygen atoms in total. The zero-order valence-electron chi connectivity index (χ0n) is 34.8. The highest BCUT2D eigenvalue weighted by Crippen LogP contribution is 2.41. The molecule has 0 atom stereocenters. The topological polar surface area (TPSA) is 141 Å². The summed E-state index contributed by atoms with van der Waals surface area (Å²) in [6.45, 7) is 9.89. The van der Waals surface area contributed by atoms with Crippen LogP contribution in [0.1, 0.15) is 123 Å². The van der Waals surface area contributed by atoms with Gasteiger partial charge in [-0.15, -0.1) is 10.2 Å². The fourth-order valence-corrected chi connectivity index (χ4v) is 6.43. The molecule has 0 N–H and O–H groups in total. The number of esters is 1. The Labute approximate surface area is 340 Å². The van der Waals surface area contributed by atoms with Crippen molar-refractivity contribution in [2.24, 2.45) is 20.5 Å². The molecule has 57 heavy (non-hydrogen) atoms. The minimum Gasteiger partial charge on any atom is -0.494 e. The van der Waals surface area contributed by atoms with Crippen molar-refractivity contribution in [2.75, 3.05) is 38.8 Å². The van der Waals surface area contributed by atoms with Crippen LogP contribution in [0, 0.1) is 10.1 Å². The molecule has 3 rings (SSSR count). The minimum atomic E-state index is -0.474. The Bertz CT molecular complexity index is 1690. The van der Waals surface area contributed by atoms with Crippen LogP contribution in [0.4, 0.5) is 34.1 Å². The smallest absolute Gasteiger partial charge is 0.333 e. The van der Waals surface area contributed by atoms with Gasteiger partial charge in [0.1, 0.15) is 29.5 Å². The first-order chi connectivity index (χ1) is 27.8. The zero-order valence-corrected chi connectivity index (χ0v) is 34.8. The van der Waals surface area contributed by atoms with E-state index in [0.717, 1.165) is 25.1 Å². The molecule has 0 aliphatic rings. The van der Waals surface area contributed by atoms with E-state index in [1.165, 1.54) is 128 Å². The molecule has 0 fully saturated rings. The average Bonchev–Trinajstić information content (AvgIpc) is 3.23. The summed E-state index contributed by atoms with van der Waals surface area (Å²) in [4.78, 5) is 25.2. The molecule has 3 aromatic rings. The monoisotopic (exact) mass is 784 g/mol. The van der Waals surface area contributed by atoms with Gasteiger partial charge in [0, 0.05) is 42.1 Å². The molecule has 12 heteroatoms. The van der Waals surface area contributed by atoms with Gasteiger partial charge in [0.15, 0.2) is 0 Å². The Morgan fingerprint density at radius 2 is 1.11 bits per heavy atom. The number of rotatable bonds is 30. The number of non-ortho nitro benzene ring substituents is 1. The van der Waals surface area contributed by atoms with Crippen LogP contribution in [0.15, 0.2) is 93.3 Å². The fraction of sp³-hybridized carbons (Fsp3) is 0.533. The van der Waals surface area contributed by atoms with E-state index in [1.807, 2.05) is 24.3 Å². The molecule has 0 amide bonds. The number of nitrogens with zero attached hydrogens (tertiary/aromatic N) is 6. The van der Waals surface area contributed by atoms with Crippen molar-refractivity contribution < 1.29 is 23.9 Å². The number of likely N-dealkylation sites (N-methyl/N-ethyl adjacent to an activating group) is 1. The summed E-state index contributed by atoms with van der Waals surface area (Å²) in [6, 6.07) is 16.7. The molecular weight excluding hydrogens is 721 g/mol. The highest BCUT2D eigenvalue weighted by atomic mass is 16.6. The zero-order chi connectivity index (χ0) is 41.1. The molecule has 3 aromatic carbocycles. The van der Waals surface area contributed by atoms with Crippen LogP contribution in [-0.2, 0) is 9.53 Å². The number of azo groups is 2. The van der Waals surface area contributed by atoms with E-state index in [2.05, 4.69) is 45.8 Å². The van der Waals surface area contributed by atoms with E-state index >= 15 is 0 Å². The summed E-state index contributed by atoms with van der Waals surface area (Å²) < 4.78 is 16.6. The molecule has 0 heterocycles. The lowest BCUT2D eigenvalue weighted by Gasteiger charge is -2.23. The second-order valence-electron chi connectivity index (χ2n) is 14.3. The van der Waals surface area contributed by atoms with Crippen molar-refractivity contribution in [3.63, 3.8) is 0 Å². The van der Waals surface area contributed by atoms with Gasteiger partial charge in [0.25, 0.3) is 5.69 Å². The van der Waals surface area contributed by atoms with Crippen molar-refractivity contribution in [3.05, 3.63) is 82.9 Å². The summed E-state index contributed by atoms with van der Waals surface area (Å²) in [6.07, 6.45) is 21.8. The standard InChI is InChI=1S/C45H64N6O6/c1-6-8-9-10-11-12-13-14-15-16-17-18-19-20-21-22-23-36(3)45(52)57-33-32-50(7-2)39-28-24-37(25-29-39)46-48-41-34-44(56-5)42(35-43(41)55-4)49-47-38-26-30-40(31-27-38)51(53)54/h24-31,34-35H,3,6-23,32-33H2,1-2,4-5H3/b48-46+,49-47+. The van der Waals surface area contributed by atoms with E-state index in [4.69, 9.17) is 14.2 Å². The number of carbonyl (C=O) groups is 1. The van der Waals surface area contributed by atoms with Gasteiger partial charge >= 0.3 is 5.97 Å². The number of carbonyl (C=O) groups excluding carboxylic acids is 1. The van der Waals surface area contributed by atoms with Gasteiger partial charge in [-0.25, -0.2) is 4.79 Å². The second-order valence-corrected chi connectivity index (χ2v) is 14.3. The van der Waals surface area contributed by atoms with Crippen LogP contribution in [-0.4, -0.2) is 44.8 Å².